The number of hydrogen-bond acceptors (Lipinski definition) is 3. The highest BCUT2D eigenvalue weighted by atomic mass is 79.9. The lowest BCUT2D eigenvalue weighted by atomic mass is 10.2. The Morgan fingerprint density at radius 3 is 2.94 bits per heavy atom. The second-order valence-corrected chi connectivity index (χ2v) is 4.40. The highest BCUT2D eigenvalue weighted by molar-refractivity contribution is 9.10. The van der Waals surface area contributed by atoms with Gasteiger partial charge in [-0.1, -0.05) is 11.6 Å². The minimum absolute atomic E-state index is 0.136. The Hall–Kier alpha value is -1.20. The minimum atomic E-state index is -0.136. The summed E-state index contributed by atoms with van der Waals surface area (Å²) in [4.78, 5) is 19.5. The molecule has 0 bridgehead atoms. The number of pyridine rings is 1. The molecule has 16 heavy (non-hydrogen) atoms. The molecule has 4 nitrogen and oxygen atoms in total. The number of halogens is 2. The zero-order valence-electron chi connectivity index (χ0n) is 8.10. The van der Waals surface area contributed by atoms with Gasteiger partial charge in [-0.05, 0) is 27.6 Å². The molecule has 0 aliphatic carbocycles. The van der Waals surface area contributed by atoms with Crippen molar-refractivity contribution < 1.29 is 0 Å². The van der Waals surface area contributed by atoms with E-state index in [1.165, 1.54) is 17.1 Å². The van der Waals surface area contributed by atoms with Crippen LogP contribution in [0.15, 0.2) is 40.3 Å². The lowest BCUT2D eigenvalue weighted by molar-refractivity contribution is 0.730. The van der Waals surface area contributed by atoms with Crippen LogP contribution in [0.1, 0.15) is 5.56 Å². The third kappa shape index (κ3) is 2.31. The van der Waals surface area contributed by atoms with Crippen LogP contribution in [-0.2, 0) is 6.54 Å². The highest BCUT2D eigenvalue weighted by Crippen LogP contribution is 2.14. The third-order valence-electron chi connectivity index (χ3n) is 2.06. The quantitative estimate of drug-likeness (QED) is 0.853. The zero-order chi connectivity index (χ0) is 11.5. The van der Waals surface area contributed by atoms with Crippen LogP contribution in [0.5, 0.6) is 0 Å². The fourth-order valence-electron chi connectivity index (χ4n) is 1.25. The molecule has 0 aromatic carbocycles. The lowest BCUT2D eigenvalue weighted by Gasteiger charge is -2.06. The van der Waals surface area contributed by atoms with Gasteiger partial charge in [-0.2, -0.15) is 0 Å². The van der Waals surface area contributed by atoms with Crippen LogP contribution in [0.4, 0.5) is 0 Å². The van der Waals surface area contributed by atoms with Gasteiger partial charge in [0.2, 0.25) is 0 Å². The molecule has 0 N–H and O–H groups in total. The molecule has 0 radical (unpaired) electrons. The number of rotatable bonds is 2. The van der Waals surface area contributed by atoms with Gasteiger partial charge >= 0.3 is 0 Å². The predicted octanol–water partition coefficient (Wildman–Crippen LogP) is 2.10. The van der Waals surface area contributed by atoms with Gasteiger partial charge in [-0.25, -0.2) is 4.98 Å². The average molecular weight is 301 g/mol. The van der Waals surface area contributed by atoms with Crippen LogP contribution >= 0.6 is 27.5 Å². The van der Waals surface area contributed by atoms with Gasteiger partial charge in [0.15, 0.2) is 0 Å². The van der Waals surface area contributed by atoms with Crippen LogP contribution < -0.4 is 5.56 Å². The Kier molecular flexibility index (Phi) is 3.36. The maximum absolute atomic E-state index is 11.7. The Morgan fingerprint density at radius 1 is 1.38 bits per heavy atom. The first-order valence-corrected chi connectivity index (χ1v) is 5.64. The topological polar surface area (TPSA) is 47.8 Å². The first kappa shape index (κ1) is 11.3. The van der Waals surface area contributed by atoms with Crippen LogP contribution in [0.25, 0.3) is 0 Å². The molecule has 2 heterocycles. The summed E-state index contributed by atoms with van der Waals surface area (Å²) >= 11 is 9.09. The van der Waals surface area contributed by atoms with Gasteiger partial charge < -0.3 is 0 Å². The van der Waals surface area contributed by atoms with E-state index in [1.807, 2.05) is 0 Å². The van der Waals surface area contributed by atoms with Crippen molar-refractivity contribution in [1.29, 1.82) is 0 Å². The second kappa shape index (κ2) is 4.76. The molecule has 0 aliphatic heterocycles. The molecule has 2 aromatic heterocycles. The van der Waals surface area contributed by atoms with Gasteiger partial charge in [0.25, 0.3) is 5.56 Å². The first-order valence-electron chi connectivity index (χ1n) is 4.47. The lowest BCUT2D eigenvalue weighted by Crippen LogP contribution is -2.21. The summed E-state index contributed by atoms with van der Waals surface area (Å²) in [6.45, 7) is 0.382. The van der Waals surface area contributed by atoms with E-state index in [2.05, 4.69) is 25.9 Å². The summed E-state index contributed by atoms with van der Waals surface area (Å²) in [6, 6.07) is 1.77. The summed E-state index contributed by atoms with van der Waals surface area (Å²) in [6.07, 6.45) is 6.13. The number of hydrogen-bond donors (Lipinski definition) is 0. The Morgan fingerprint density at radius 2 is 2.19 bits per heavy atom. The van der Waals surface area contributed by atoms with Crippen LogP contribution in [0.2, 0.25) is 5.02 Å². The maximum atomic E-state index is 11.7. The predicted molar refractivity (Wildman–Crippen MR) is 64.5 cm³/mol. The van der Waals surface area contributed by atoms with E-state index in [1.54, 1.807) is 18.5 Å². The van der Waals surface area contributed by atoms with Crippen molar-refractivity contribution in [2.24, 2.45) is 0 Å². The molecule has 0 aliphatic rings. The summed E-state index contributed by atoms with van der Waals surface area (Å²) in [5, 5.41) is 0.536. The molecule has 0 fully saturated rings. The van der Waals surface area contributed by atoms with Gasteiger partial charge in [0.05, 0.1) is 17.9 Å². The molecule has 82 valence electrons. The van der Waals surface area contributed by atoms with E-state index >= 15 is 0 Å². The van der Waals surface area contributed by atoms with Crippen molar-refractivity contribution in [3.05, 3.63) is 56.4 Å². The fraction of sp³-hybridized carbons (Fsp3) is 0.100. The Balaban J connectivity index is 2.39. The summed E-state index contributed by atoms with van der Waals surface area (Å²) in [5.74, 6) is 0. The summed E-state index contributed by atoms with van der Waals surface area (Å²) in [5.41, 5.74) is 0.696. The normalized spacial score (nSPS) is 10.4. The van der Waals surface area contributed by atoms with Gasteiger partial charge in [0, 0.05) is 18.6 Å². The summed E-state index contributed by atoms with van der Waals surface area (Å²) in [7, 11) is 0. The van der Waals surface area contributed by atoms with Crippen LogP contribution in [0, 0.1) is 0 Å². The monoisotopic (exact) mass is 299 g/mol. The Bertz CT molecular complexity index is 570. The second-order valence-electron chi connectivity index (χ2n) is 3.14. The smallest absolute Gasteiger partial charge is 0.267 e. The third-order valence-corrected chi connectivity index (χ3v) is 2.94. The zero-order valence-corrected chi connectivity index (χ0v) is 10.4. The molecular formula is C10H7BrClN3O. The van der Waals surface area contributed by atoms with E-state index in [-0.39, 0.29) is 5.56 Å². The van der Waals surface area contributed by atoms with Crippen molar-refractivity contribution in [2.75, 3.05) is 0 Å². The highest BCUT2D eigenvalue weighted by Gasteiger charge is 2.04. The molecule has 6 heteroatoms. The fourth-order valence-corrected chi connectivity index (χ4v) is 1.78. The summed E-state index contributed by atoms with van der Waals surface area (Å²) < 4.78 is 1.91. The molecule has 2 aromatic rings. The van der Waals surface area contributed by atoms with Gasteiger partial charge in [0.1, 0.15) is 4.47 Å². The van der Waals surface area contributed by atoms with E-state index in [0.29, 0.717) is 16.0 Å². The van der Waals surface area contributed by atoms with E-state index < -0.39 is 0 Å². The number of aromatic nitrogens is 3. The van der Waals surface area contributed by atoms with Crippen molar-refractivity contribution in [2.45, 2.75) is 6.54 Å². The first-order chi connectivity index (χ1) is 7.68. The minimum Gasteiger partial charge on any atom is -0.294 e. The molecule has 2 rings (SSSR count). The maximum Gasteiger partial charge on any atom is 0.267 e. The van der Waals surface area contributed by atoms with E-state index in [9.17, 15) is 4.79 Å². The van der Waals surface area contributed by atoms with Crippen molar-refractivity contribution in [1.82, 2.24) is 14.5 Å². The molecule has 0 spiro atoms. The SMILES string of the molecule is O=c1c(Br)cncn1Cc1ccncc1Cl. The number of nitrogens with zero attached hydrogens (tertiary/aromatic N) is 3. The standard InChI is InChI=1S/C10H7BrClN3O/c11-8-3-14-6-15(10(8)16)5-7-1-2-13-4-9(7)12/h1-4,6H,5H2. The molecule has 0 unspecified atom stereocenters. The molecule has 0 saturated heterocycles. The molecule has 0 atom stereocenters. The molecule has 0 saturated carbocycles. The van der Waals surface area contributed by atoms with Gasteiger partial charge in [-0.3, -0.25) is 14.3 Å². The van der Waals surface area contributed by atoms with Crippen LogP contribution in [-0.4, -0.2) is 14.5 Å². The largest absolute Gasteiger partial charge is 0.294 e. The van der Waals surface area contributed by atoms with E-state index in [0.717, 1.165) is 5.56 Å². The molecular weight excluding hydrogens is 293 g/mol. The van der Waals surface area contributed by atoms with Crippen molar-refractivity contribution >= 4 is 27.5 Å². The van der Waals surface area contributed by atoms with Crippen LogP contribution in [0.3, 0.4) is 0 Å². The van der Waals surface area contributed by atoms with E-state index in [4.69, 9.17) is 11.6 Å². The average Bonchev–Trinajstić information content (AvgIpc) is 2.28. The van der Waals surface area contributed by atoms with Gasteiger partial charge in [-0.15, -0.1) is 0 Å². The Labute approximate surface area is 105 Å². The van der Waals surface area contributed by atoms with Crippen molar-refractivity contribution in [3.63, 3.8) is 0 Å². The molecule has 0 amide bonds. The van der Waals surface area contributed by atoms with Crippen molar-refractivity contribution in [3.8, 4) is 0 Å².